The number of nitrogens with one attached hydrogen (secondary N) is 1. The SMILES string of the molecule is CCN(CCCC(=O)NCCCCC(C(=O)O)N(C)CC)c1cc(OC)c(-c2c3cc/c(=N\C)cc-3oc3cc(N(C)C)ccc23)cc1C. The summed E-state index contributed by atoms with van der Waals surface area (Å²) in [6, 6.07) is 16.2. The second-order valence-electron chi connectivity index (χ2n) is 12.8. The van der Waals surface area contributed by atoms with Gasteiger partial charge in [-0.3, -0.25) is 19.5 Å². The van der Waals surface area contributed by atoms with E-state index in [-0.39, 0.29) is 5.91 Å². The van der Waals surface area contributed by atoms with Gasteiger partial charge in [-0.2, -0.15) is 0 Å². The van der Waals surface area contributed by atoms with Crippen LogP contribution in [-0.4, -0.2) is 89.4 Å². The molecule has 1 amide bonds. The van der Waals surface area contributed by atoms with E-state index in [1.807, 2.05) is 45.1 Å². The fraction of sp³-hybridized carbons (Fsp3) is 0.462. The molecule has 2 N–H and O–H groups in total. The molecular weight excluding hydrogens is 618 g/mol. The predicted octanol–water partition coefficient (Wildman–Crippen LogP) is 6.42. The quantitative estimate of drug-likeness (QED) is 0.0979. The Morgan fingerprint density at radius 1 is 0.980 bits per heavy atom. The summed E-state index contributed by atoms with van der Waals surface area (Å²) >= 11 is 0. The van der Waals surface area contributed by atoms with Gasteiger partial charge in [-0.1, -0.05) is 6.92 Å². The molecule has 1 heterocycles. The Hall–Kier alpha value is -4.57. The fourth-order valence-electron chi connectivity index (χ4n) is 6.37. The summed E-state index contributed by atoms with van der Waals surface area (Å²) in [5.41, 5.74) is 7.04. The highest BCUT2D eigenvalue weighted by molar-refractivity contribution is 6.04. The number of carbonyl (C=O) groups excluding carboxylic acids is 1. The second-order valence-corrected chi connectivity index (χ2v) is 12.8. The topological polar surface area (TPSA) is 111 Å². The third-order valence-corrected chi connectivity index (χ3v) is 9.35. The van der Waals surface area contributed by atoms with E-state index in [1.165, 1.54) is 0 Å². The maximum absolute atomic E-state index is 12.6. The second kappa shape index (κ2) is 17.2. The van der Waals surface area contributed by atoms with Gasteiger partial charge in [0.25, 0.3) is 0 Å². The van der Waals surface area contributed by atoms with Crippen LogP contribution in [0.15, 0.2) is 57.9 Å². The van der Waals surface area contributed by atoms with Crippen molar-refractivity contribution in [3.63, 3.8) is 0 Å². The Morgan fingerprint density at radius 2 is 1.76 bits per heavy atom. The minimum Gasteiger partial charge on any atom is -0.496 e. The molecule has 0 spiro atoms. The van der Waals surface area contributed by atoms with Crippen molar-refractivity contribution < 1.29 is 23.8 Å². The van der Waals surface area contributed by atoms with Crippen molar-refractivity contribution in [2.45, 2.75) is 58.9 Å². The molecule has 2 aromatic rings. The van der Waals surface area contributed by atoms with Crippen molar-refractivity contribution in [3.8, 4) is 28.2 Å². The van der Waals surface area contributed by atoms with Gasteiger partial charge in [0.2, 0.25) is 5.91 Å². The van der Waals surface area contributed by atoms with Gasteiger partial charge in [-0.05, 0) is 89.0 Å². The van der Waals surface area contributed by atoms with Crippen LogP contribution in [0.4, 0.5) is 11.4 Å². The molecule has 10 nitrogen and oxygen atoms in total. The van der Waals surface area contributed by atoms with Crippen LogP contribution in [-0.2, 0) is 9.59 Å². The first kappa shape index (κ1) is 37.3. The van der Waals surface area contributed by atoms with Gasteiger partial charge >= 0.3 is 5.97 Å². The van der Waals surface area contributed by atoms with E-state index < -0.39 is 12.0 Å². The first-order valence-electron chi connectivity index (χ1n) is 17.3. The van der Waals surface area contributed by atoms with Gasteiger partial charge in [-0.15, -0.1) is 0 Å². The monoisotopic (exact) mass is 671 g/mol. The zero-order valence-corrected chi connectivity index (χ0v) is 30.4. The number of unbranched alkanes of at least 4 members (excludes halogenated alkanes) is 1. The highest BCUT2D eigenvalue weighted by Crippen LogP contribution is 2.45. The van der Waals surface area contributed by atoms with Crippen molar-refractivity contribution >= 4 is 34.2 Å². The van der Waals surface area contributed by atoms with Gasteiger partial charge in [0.05, 0.1) is 12.5 Å². The van der Waals surface area contributed by atoms with E-state index in [0.29, 0.717) is 32.4 Å². The number of anilines is 2. The van der Waals surface area contributed by atoms with E-state index >= 15 is 0 Å². The summed E-state index contributed by atoms with van der Waals surface area (Å²) in [6.45, 7) is 8.95. The number of methoxy groups -OCH3 is 1. The van der Waals surface area contributed by atoms with Crippen molar-refractivity contribution in [2.75, 3.05) is 71.3 Å². The number of carboxylic acid groups (broad SMARTS) is 1. The number of fused-ring (bicyclic) bond motifs is 2. The van der Waals surface area contributed by atoms with Crippen LogP contribution < -0.4 is 25.2 Å². The van der Waals surface area contributed by atoms with Crippen LogP contribution in [0.1, 0.15) is 51.5 Å². The number of likely N-dealkylation sites (N-methyl/N-ethyl adjacent to an activating group) is 1. The van der Waals surface area contributed by atoms with Gasteiger partial charge in [0.1, 0.15) is 23.1 Å². The number of hydrogen-bond donors (Lipinski definition) is 2. The molecule has 0 aromatic heterocycles. The molecule has 1 aliphatic heterocycles. The van der Waals surface area contributed by atoms with Gasteiger partial charge in [0, 0.05) is 98.8 Å². The first-order chi connectivity index (χ1) is 23.5. The molecule has 49 heavy (non-hydrogen) atoms. The maximum Gasteiger partial charge on any atom is 0.320 e. The molecule has 1 atom stereocenters. The van der Waals surface area contributed by atoms with Crippen LogP contribution in [0.2, 0.25) is 0 Å². The number of benzene rings is 3. The van der Waals surface area contributed by atoms with Gasteiger partial charge < -0.3 is 29.4 Å². The fourth-order valence-corrected chi connectivity index (χ4v) is 6.37. The average molecular weight is 672 g/mol. The molecule has 0 saturated carbocycles. The third kappa shape index (κ3) is 8.92. The highest BCUT2D eigenvalue weighted by atomic mass is 16.5. The zero-order chi connectivity index (χ0) is 35.7. The van der Waals surface area contributed by atoms with Gasteiger partial charge in [0.15, 0.2) is 0 Å². The Labute approximate surface area is 290 Å². The molecule has 2 aromatic carbocycles. The summed E-state index contributed by atoms with van der Waals surface area (Å²) in [5.74, 6) is 0.746. The normalized spacial score (nSPS) is 12.5. The van der Waals surface area contributed by atoms with Crippen LogP contribution in [0.3, 0.4) is 0 Å². The van der Waals surface area contributed by atoms with Gasteiger partial charge in [-0.25, -0.2) is 0 Å². The highest BCUT2D eigenvalue weighted by Gasteiger charge is 2.23. The Balaban J connectivity index is 1.50. The van der Waals surface area contributed by atoms with E-state index in [0.717, 1.165) is 87.4 Å². The Kier molecular flexibility index (Phi) is 13.1. The molecule has 2 aliphatic rings. The number of rotatable bonds is 17. The van der Waals surface area contributed by atoms with Crippen molar-refractivity contribution in [3.05, 3.63) is 59.5 Å². The number of carboxylic acids is 1. The summed E-state index contributed by atoms with van der Waals surface area (Å²) in [7, 11) is 9.35. The molecule has 1 aliphatic carbocycles. The van der Waals surface area contributed by atoms with Crippen molar-refractivity contribution in [1.82, 2.24) is 10.2 Å². The van der Waals surface area contributed by atoms with Crippen molar-refractivity contribution in [1.29, 1.82) is 0 Å². The number of amides is 1. The Bertz CT molecular complexity index is 1780. The lowest BCUT2D eigenvalue weighted by atomic mass is 9.91. The van der Waals surface area contributed by atoms with E-state index in [1.54, 1.807) is 14.2 Å². The zero-order valence-electron chi connectivity index (χ0n) is 30.4. The summed E-state index contributed by atoms with van der Waals surface area (Å²) in [5, 5.41) is 14.3. The molecule has 1 unspecified atom stereocenters. The summed E-state index contributed by atoms with van der Waals surface area (Å²) < 4.78 is 12.5. The third-order valence-electron chi connectivity index (χ3n) is 9.35. The minimum atomic E-state index is -0.796. The molecule has 264 valence electrons. The Morgan fingerprint density at radius 3 is 2.41 bits per heavy atom. The minimum absolute atomic E-state index is 0.0193. The van der Waals surface area contributed by atoms with Crippen LogP contribution in [0, 0.1) is 6.92 Å². The standard InChI is InChI=1S/C39H53N5O5/c1-9-43(7)32(39(46)47)14-11-12-20-41-37(45)15-13-21-44(10-2)33-25-34(48-8)31(22-26(33)3)38-29-18-16-27(40-4)23-35(29)49-36-24-28(42(5)6)17-19-30(36)38/h16-19,22-25,32H,9-15,20-21H2,1-8H3,(H,41,45)(H,46,47)/b40-27+. The molecule has 4 rings (SSSR count). The molecule has 0 radical (unpaired) electrons. The first-order valence-corrected chi connectivity index (χ1v) is 17.3. The predicted molar refractivity (Wildman–Crippen MR) is 199 cm³/mol. The molecule has 10 heteroatoms. The average Bonchev–Trinajstić information content (AvgIpc) is 3.09. The van der Waals surface area contributed by atoms with Crippen LogP contribution >= 0.6 is 0 Å². The van der Waals surface area contributed by atoms with E-state index in [9.17, 15) is 14.7 Å². The number of aliphatic carboxylic acids is 1. The number of ether oxygens (including phenoxy) is 1. The lowest BCUT2D eigenvalue weighted by molar-refractivity contribution is -0.143. The molecule has 0 bridgehead atoms. The number of nitrogens with zero attached hydrogens (tertiary/aromatic N) is 4. The van der Waals surface area contributed by atoms with Crippen LogP contribution in [0.5, 0.6) is 5.75 Å². The number of carbonyl (C=O) groups is 2. The smallest absolute Gasteiger partial charge is 0.320 e. The number of aryl methyl sites for hydroxylation is 1. The lowest BCUT2D eigenvalue weighted by Crippen LogP contribution is -2.38. The largest absolute Gasteiger partial charge is 0.496 e. The molecular formula is C39H53N5O5. The van der Waals surface area contributed by atoms with Crippen molar-refractivity contribution in [2.24, 2.45) is 4.99 Å². The van der Waals surface area contributed by atoms with E-state index in [4.69, 9.17) is 9.15 Å². The van der Waals surface area contributed by atoms with Crippen LogP contribution in [0.25, 0.3) is 33.4 Å². The number of hydrogen-bond acceptors (Lipinski definition) is 8. The molecule has 0 fully saturated rings. The maximum atomic E-state index is 12.6. The summed E-state index contributed by atoms with van der Waals surface area (Å²) in [4.78, 5) is 34.7. The van der Waals surface area contributed by atoms with E-state index in [2.05, 4.69) is 70.4 Å². The molecule has 0 saturated heterocycles. The summed E-state index contributed by atoms with van der Waals surface area (Å²) in [6.07, 6.45) is 3.21. The lowest BCUT2D eigenvalue weighted by Gasteiger charge is -2.27.